The van der Waals surface area contributed by atoms with Gasteiger partial charge in [0, 0.05) is 18.3 Å². The number of carbonyl (C=O) groups excluding carboxylic acids is 1. The largest absolute Gasteiger partial charge is 0.366 e. The molecule has 0 spiro atoms. The first-order chi connectivity index (χ1) is 10.8. The monoisotopic (exact) mass is 294 g/mol. The van der Waals surface area contributed by atoms with Crippen molar-refractivity contribution >= 4 is 17.4 Å². The minimum absolute atomic E-state index is 0.0716. The van der Waals surface area contributed by atoms with Crippen LogP contribution in [0.25, 0.3) is 0 Å². The molecule has 0 atom stereocenters. The van der Waals surface area contributed by atoms with Crippen molar-refractivity contribution in [3.05, 3.63) is 47.9 Å². The number of nitrogens with one attached hydrogen (secondary N) is 1. The Morgan fingerprint density at radius 2 is 2.05 bits per heavy atom. The highest BCUT2D eigenvalue weighted by Gasteiger charge is 2.25. The molecule has 1 aromatic heterocycles. The third-order valence-corrected chi connectivity index (χ3v) is 4.16. The summed E-state index contributed by atoms with van der Waals surface area (Å²) in [5.41, 5.74) is 2.63. The second kappa shape index (κ2) is 5.40. The minimum Gasteiger partial charge on any atom is -0.366 e. The second-order valence-electron chi connectivity index (χ2n) is 5.89. The molecule has 1 N–H and O–H groups in total. The second-order valence-corrected chi connectivity index (χ2v) is 5.89. The zero-order valence-electron chi connectivity index (χ0n) is 12.3. The topological polar surface area (TPSA) is 58.1 Å². The lowest BCUT2D eigenvalue weighted by molar-refractivity contribution is 0.0980. The van der Waals surface area contributed by atoms with E-state index < -0.39 is 0 Å². The molecule has 112 valence electrons. The molecule has 2 aliphatic rings. The molecule has 0 unspecified atom stereocenters. The Bertz CT molecular complexity index is 694. The van der Waals surface area contributed by atoms with Gasteiger partial charge in [-0.05, 0) is 37.3 Å². The molecule has 5 heteroatoms. The fourth-order valence-corrected chi connectivity index (χ4v) is 2.83. The summed E-state index contributed by atoms with van der Waals surface area (Å²) in [6.07, 6.45) is 7.61. The van der Waals surface area contributed by atoms with Crippen LogP contribution < -0.4 is 10.2 Å². The van der Waals surface area contributed by atoms with Crippen molar-refractivity contribution in [3.8, 4) is 0 Å². The molecule has 5 nitrogen and oxygen atoms in total. The number of aromatic nitrogens is 2. The molecule has 4 rings (SSSR count). The fourth-order valence-electron chi connectivity index (χ4n) is 2.83. The quantitative estimate of drug-likeness (QED) is 0.945. The van der Waals surface area contributed by atoms with Crippen LogP contribution in [-0.4, -0.2) is 28.5 Å². The standard InChI is InChI=1S/C17H18N4O/c22-17(14-10-19-16(11-18-14)20-13-7-8-13)21-9-3-5-12-4-1-2-6-15(12)21/h1-2,4,6,10-11,13H,3,5,7-9H2,(H,19,20). The normalized spacial score (nSPS) is 17.0. The van der Waals surface area contributed by atoms with Crippen LogP contribution in [0.3, 0.4) is 0 Å². The van der Waals surface area contributed by atoms with E-state index in [1.165, 1.54) is 18.4 Å². The molecule has 1 aliphatic carbocycles. The minimum atomic E-state index is -0.0716. The van der Waals surface area contributed by atoms with E-state index >= 15 is 0 Å². The third-order valence-electron chi connectivity index (χ3n) is 4.16. The number of benzene rings is 1. The maximum absolute atomic E-state index is 12.7. The third kappa shape index (κ3) is 2.54. The summed E-state index contributed by atoms with van der Waals surface area (Å²) in [7, 11) is 0. The lowest BCUT2D eigenvalue weighted by atomic mass is 10.0. The highest BCUT2D eigenvalue weighted by atomic mass is 16.2. The van der Waals surface area contributed by atoms with E-state index in [0.29, 0.717) is 11.7 Å². The van der Waals surface area contributed by atoms with Gasteiger partial charge in [-0.3, -0.25) is 4.79 Å². The van der Waals surface area contributed by atoms with Crippen molar-refractivity contribution in [2.45, 2.75) is 31.7 Å². The molecule has 1 aromatic carbocycles. The molecule has 0 saturated heterocycles. The summed E-state index contributed by atoms with van der Waals surface area (Å²) in [5, 5.41) is 3.28. The predicted molar refractivity (Wildman–Crippen MR) is 85.1 cm³/mol. The lowest BCUT2D eigenvalue weighted by Gasteiger charge is -2.29. The van der Waals surface area contributed by atoms with E-state index in [2.05, 4.69) is 21.4 Å². The Morgan fingerprint density at radius 3 is 2.82 bits per heavy atom. The van der Waals surface area contributed by atoms with Gasteiger partial charge in [-0.2, -0.15) is 0 Å². The number of para-hydroxylation sites is 1. The van der Waals surface area contributed by atoms with Gasteiger partial charge < -0.3 is 10.2 Å². The van der Waals surface area contributed by atoms with Gasteiger partial charge >= 0.3 is 0 Å². The van der Waals surface area contributed by atoms with Crippen LogP contribution in [0.4, 0.5) is 11.5 Å². The first kappa shape index (κ1) is 13.2. The number of rotatable bonds is 3. The Balaban J connectivity index is 1.56. The maximum Gasteiger partial charge on any atom is 0.278 e. The highest BCUT2D eigenvalue weighted by Crippen LogP contribution is 2.28. The number of nitrogens with zero attached hydrogens (tertiary/aromatic N) is 3. The summed E-state index contributed by atoms with van der Waals surface area (Å²) < 4.78 is 0. The molecule has 0 radical (unpaired) electrons. The van der Waals surface area contributed by atoms with Gasteiger partial charge in [0.15, 0.2) is 0 Å². The van der Waals surface area contributed by atoms with Gasteiger partial charge in [-0.1, -0.05) is 18.2 Å². The molecule has 1 amide bonds. The Hall–Kier alpha value is -2.43. The SMILES string of the molecule is O=C(c1cnc(NC2CC2)cn1)N1CCCc2ccccc21. The predicted octanol–water partition coefficient (Wildman–Crippen LogP) is 2.64. The number of hydrogen-bond acceptors (Lipinski definition) is 4. The van der Waals surface area contributed by atoms with Crippen molar-refractivity contribution in [2.24, 2.45) is 0 Å². The molecular weight excluding hydrogens is 276 g/mol. The molecule has 0 bridgehead atoms. The van der Waals surface area contributed by atoms with Crippen LogP contribution in [-0.2, 0) is 6.42 Å². The van der Waals surface area contributed by atoms with E-state index in [1.807, 2.05) is 23.1 Å². The van der Waals surface area contributed by atoms with E-state index in [0.717, 1.165) is 30.9 Å². The maximum atomic E-state index is 12.7. The Kier molecular flexibility index (Phi) is 3.25. The number of fused-ring (bicyclic) bond motifs is 1. The molecule has 1 fully saturated rings. The summed E-state index contributed by atoms with van der Waals surface area (Å²) >= 11 is 0. The first-order valence-electron chi connectivity index (χ1n) is 7.79. The zero-order chi connectivity index (χ0) is 14.9. The zero-order valence-corrected chi connectivity index (χ0v) is 12.3. The van der Waals surface area contributed by atoms with E-state index in [-0.39, 0.29) is 5.91 Å². The van der Waals surface area contributed by atoms with Gasteiger partial charge in [0.05, 0.1) is 12.4 Å². The van der Waals surface area contributed by atoms with Gasteiger partial charge in [0.25, 0.3) is 5.91 Å². The average molecular weight is 294 g/mol. The van der Waals surface area contributed by atoms with Gasteiger partial charge in [-0.25, -0.2) is 9.97 Å². The van der Waals surface area contributed by atoms with E-state index in [1.54, 1.807) is 12.4 Å². The van der Waals surface area contributed by atoms with Crippen LogP contribution in [0.15, 0.2) is 36.7 Å². The number of aryl methyl sites for hydroxylation is 1. The van der Waals surface area contributed by atoms with Gasteiger partial charge in [0.2, 0.25) is 0 Å². The van der Waals surface area contributed by atoms with E-state index in [9.17, 15) is 4.79 Å². The molecule has 22 heavy (non-hydrogen) atoms. The Labute approximate surface area is 129 Å². The summed E-state index contributed by atoms with van der Waals surface area (Å²) in [4.78, 5) is 23.1. The van der Waals surface area contributed by atoms with Crippen LogP contribution in [0.1, 0.15) is 35.3 Å². The van der Waals surface area contributed by atoms with Crippen molar-refractivity contribution in [3.63, 3.8) is 0 Å². The molecular formula is C17H18N4O. The molecule has 2 heterocycles. The van der Waals surface area contributed by atoms with Crippen LogP contribution in [0.5, 0.6) is 0 Å². The summed E-state index contributed by atoms with van der Waals surface area (Å²) in [6, 6.07) is 8.61. The van der Waals surface area contributed by atoms with Crippen LogP contribution >= 0.6 is 0 Å². The van der Waals surface area contributed by atoms with Crippen molar-refractivity contribution in [1.82, 2.24) is 9.97 Å². The highest BCUT2D eigenvalue weighted by molar-refractivity contribution is 6.05. The van der Waals surface area contributed by atoms with Crippen molar-refractivity contribution in [2.75, 3.05) is 16.8 Å². The van der Waals surface area contributed by atoms with Crippen molar-refractivity contribution < 1.29 is 4.79 Å². The van der Waals surface area contributed by atoms with Crippen LogP contribution in [0.2, 0.25) is 0 Å². The number of anilines is 2. The number of amides is 1. The fraction of sp³-hybridized carbons (Fsp3) is 0.353. The smallest absolute Gasteiger partial charge is 0.278 e. The summed E-state index contributed by atoms with van der Waals surface area (Å²) in [5.74, 6) is 0.677. The van der Waals surface area contributed by atoms with Gasteiger partial charge in [-0.15, -0.1) is 0 Å². The number of hydrogen-bond donors (Lipinski definition) is 1. The first-order valence-corrected chi connectivity index (χ1v) is 7.79. The lowest BCUT2D eigenvalue weighted by Crippen LogP contribution is -2.36. The molecule has 2 aromatic rings. The van der Waals surface area contributed by atoms with Crippen molar-refractivity contribution in [1.29, 1.82) is 0 Å². The molecule has 1 saturated carbocycles. The average Bonchev–Trinajstić information content (AvgIpc) is 3.38. The van der Waals surface area contributed by atoms with E-state index in [4.69, 9.17) is 0 Å². The van der Waals surface area contributed by atoms with Crippen LogP contribution in [0, 0.1) is 0 Å². The number of carbonyl (C=O) groups is 1. The summed E-state index contributed by atoms with van der Waals surface area (Å²) in [6.45, 7) is 0.736. The Morgan fingerprint density at radius 1 is 1.18 bits per heavy atom. The van der Waals surface area contributed by atoms with Gasteiger partial charge in [0.1, 0.15) is 11.5 Å². The molecule has 1 aliphatic heterocycles.